The Balaban J connectivity index is 2.18. The zero-order valence-corrected chi connectivity index (χ0v) is 11.5. The van der Waals surface area contributed by atoms with Gasteiger partial charge in [-0.2, -0.15) is 0 Å². The molecular weight excluding hydrogens is 237 g/mol. The second kappa shape index (κ2) is 6.48. The first-order chi connectivity index (χ1) is 9.19. The zero-order valence-electron chi connectivity index (χ0n) is 11.5. The number of hydrogen-bond acceptors (Lipinski definition) is 1. The molecule has 0 fully saturated rings. The number of aryl methyl sites for hydroxylation is 1. The summed E-state index contributed by atoms with van der Waals surface area (Å²) in [6.07, 6.45) is 0.966. The predicted molar refractivity (Wildman–Crippen MR) is 78.0 cm³/mol. The molecule has 0 bridgehead atoms. The van der Waals surface area contributed by atoms with Gasteiger partial charge in [0.2, 0.25) is 0 Å². The maximum Gasteiger partial charge on any atom is 0.123 e. The molecule has 0 amide bonds. The molecule has 0 heterocycles. The molecular formula is C17H20FN. The fourth-order valence-corrected chi connectivity index (χ4v) is 2.41. The molecule has 0 radical (unpaired) electrons. The Labute approximate surface area is 114 Å². The summed E-state index contributed by atoms with van der Waals surface area (Å²) in [5.74, 6) is 0.190. The second-order valence-corrected chi connectivity index (χ2v) is 5.00. The molecule has 0 spiro atoms. The summed E-state index contributed by atoms with van der Waals surface area (Å²) in [6, 6.07) is 15.4. The van der Waals surface area contributed by atoms with E-state index in [1.54, 1.807) is 0 Å². The van der Waals surface area contributed by atoms with Gasteiger partial charge in [-0.05, 0) is 43.7 Å². The van der Waals surface area contributed by atoms with Crippen molar-refractivity contribution in [3.63, 3.8) is 0 Å². The summed E-state index contributed by atoms with van der Waals surface area (Å²) in [4.78, 5) is 0. The lowest BCUT2D eigenvalue weighted by molar-refractivity contribution is 0.611. The monoisotopic (exact) mass is 257 g/mol. The standard InChI is InChI=1S/C17H20FN/c1-13-4-3-5-14(10-13)11-16(12-19-2)15-6-8-17(18)9-7-15/h3-10,16,19H,11-12H2,1-2H3. The van der Waals surface area contributed by atoms with Crippen LogP contribution in [-0.2, 0) is 6.42 Å². The highest BCUT2D eigenvalue weighted by Gasteiger charge is 2.11. The van der Waals surface area contributed by atoms with Crippen molar-refractivity contribution in [1.29, 1.82) is 0 Å². The van der Waals surface area contributed by atoms with Gasteiger partial charge in [-0.25, -0.2) is 4.39 Å². The van der Waals surface area contributed by atoms with E-state index in [1.165, 1.54) is 28.8 Å². The minimum absolute atomic E-state index is 0.178. The summed E-state index contributed by atoms with van der Waals surface area (Å²) in [5.41, 5.74) is 3.78. The summed E-state index contributed by atoms with van der Waals surface area (Å²) in [5, 5.41) is 3.22. The van der Waals surface area contributed by atoms with E-state index in [9.17, 15) is 4.39 Å². The number of benzene rings is 2. The van der Waals surface area contributed by atoms with E-state index < -0.39 is 0 Å². The van der Waals surface area contributed by atoms with E-state index in [0.717, 1.165) is 13.0 Å². The van der Waals surface area contributed by atoms with E-state index in [-0.39, 0.29) is 5.82 Å². The first kappa shape index (κ1) is 13.8. The van der Waals surface area contributed by atoms with Crippen LogP contribution >= 0.6 is 0 Å². The molecule has 0 aliphatic heterocycles. The molecule has 2 aromatic carbocycles. The van der Waals surface area contributed by atoms with Gasteiger partial charge < -0.3 is 5.32 Å². The van der Waals surface area contributed by atoms with Gasteiger partial charge >= 0.3 is 0 Å². The average Bonchev–Trinajstić information content (AvgIpc) is 2.39. The summed E-state index contributed by atoms with van der Waals surface area (Å²) in [6.45, 7) is 2.99. The van der Waals surface area contributed by atoms with Gasteiger partial charge in [-0.15, -0.1) is 0 Å². The molecule has 0 aliphatic carbocycles. The van der Waals surface area contributed by atoms with E-state index in [2.05, 4.69) is 36.5 Å². The Morgan fingerprint density at radius 3 is 2.47 bits per heavy atom. The van der Waals surface area contributed by atoms with E-state index in [0.29, 0.717) is 5.92 Å². The van der Waals surface area contributed by atoms with Crippen molar-refractivity contribution < 1.29 is 4.39 Å². The van der Waals surface area contributed by atoms with Crippen LogP contribution in [-0.4, -0.2) is 13.6 Å². The number of hydrogen-bond donors (Lipinski definition) is 1. The summed E-state index contributed by atoms with van der Waals surface area (Å²) in [7, 11) is 1.95. The molecule has 0 aliphatic rings. The van der Waals surface area contributed by atoms with Crippen LogP contribution < -0.4 is 5.32 Å². The van der Waals surface area contributed by atoms with Crippen LogP contribution in [0.1, 0.15) is 22.6 Å². The minimum atomic E-state index is -0.178. The normalized spacial score (nSPS) is 12.4. The van der Waals surface area contributed by atoms with Crippen LogP contribution in [0.4, 0.5) is 4.39 Å². The minimum Gasteiger partial charge on any atom is -0.319 e. The number of likely N-dealkylation sites (N-methyl/N-ethyl adjacent to an activating group) is 1. The Morgan fingerprint density at radius 2 is 1.84 bits per heavy atom. The third kappa shape index (κ3) is 3.90. The molecule has 2 rings (SSSR count). The molecule has 0 saturated heterocycles. The molecule has 1 unspecified atom stereocenters. The van der Waals surface area contributed by atoms with Crippen LogP contribution in [0, 0.1) is 12.7 Å². The third-order valence-electron chi connectivity index (χ3n) is 3.36. The highest BCUT2D eigenvalue weighted by atomic mass is 19.1. The average molecular weight is 257 g/mol. The number of rotatable bonds is 5. The van der Waals surface area contributed by atoms with Crippen LogP contribution in [0.5, 0.6) is 0 Å². The lowest BCUT2D eigenvalue weighted by atomic mass is 9.91. The Bertz CT molecular complexity index is 519. The molecule has 1 atom stereocenters. The van der Waals surface area contributed by atoms with Gasteiger partial charge in [0.05, 0.1) is 0 Å². The van der Waals surface area contributed by atoms with Gasteiger partial charge in [0.25, 0.3) is 0 Å². The molecule has 100 valence electrons. The van der Waals surface area contributed by atoms with Crippen LogP contribution in [0.15, 0.2) is 48.5 Å². The number of halogens is 1. The van der Waals surface area contributed by atoms with Gasteiger partial charge in [0, 0.05) is 12.5 Å². The largest absolute Gasteiger partial charge is 0.319 e. The SMILES string of the molecule is CNCC(Cc1cccc(C)c1)c1ccc(F)cc1. The van der Waals surface area contributed by atoms with Crippen molar-refractivity contribution in [1.82, 2.24) is 5.32 Å². The fourth-order valence-electron chi connectivity index (χ4n) is 2.41. The Morgan fingerprint density at radius 1 is 1.11 bits per heavy atom. The zero-order chi connectivity index (χ0) is 13.7. The fraction of sp³-hybridized carbons (Fsp3) is 0.294. The van der Waals surface area contributed by atoms with Crippen LogP contribution in [0.25, 0.3) is 0 Å². The van der Waals surface area contributed by atoms with Crippen molar-refractivity contribution >= 4 is 0 Å². The molecule has 2 aromatic rings. The predicted octanol–water partition coefficient (Wildman–Crippen LogP) is 3.68. The van der Waals surface area contributed by atoms with Gasteiger partial charge in [-0.1, -0.05) is 42.0 Å². The molecule has 1 N–H and O–H groups in total. The van der Waals surface area contributed by atoms with E-state index >= 15 is 0 Å². The topological polar surface area (TPSA) is 12.0 Å². The molecule has 2 heteroatoms. The first-order valence-corrected chi connectivity index (χ1v) is 6.64. The van der Waals surface area contributed by atoms with Gasteiger partial charge in [-0.3, -0.25) is 0 Å². The first-order valence-electron chi connectivity index (χ1n) is 6.64. The maximum atomic E-state index is 13.0. The molecule has 1 nitrogen and oxygen atoms in total. The molecule has 0 aromatic heterocycles. The van der Waals surface area contributed by atoms with Gasteiger partial charge in [0.1, 0.15) is 5.82 Å². The van der Waals surface area contributed by atoms with Crippen molar-refractivity contribution in [3.8, 4) is 0 Å². The maximum absolute atomic E-state index is 13.0. The molecule has 19 heavy (non-hydrogen) atoms. The van der Waals surface area contributed by atoms with Crippen molar-refractivity contribution in [2.75, 3.05) is 13.6 Å². The number of nitrogens with one attached hydrogen (secondary N) is 1. The van der Waals surface area contributed by atoms with E-state index in [4.69, 9.17) is 0 Å². The highest BCUT2D eigenvalue weighted by molar-refractivity contribution is 5.27. The molecule has 0 saturated carbocycles. The van der Waals surface area contributed by atoms with E-state index in [1.807, 2.05) is 19.2 Å². The van der Waals surface area contributed by atoms with Crippen LogP contribution in [0.2, 0.25) is 0 Å². The smallest absolute Gasteiger partial charge is 0.123 e. The van der Waals surface area contributed by atoms with Crippen LogP contribution in [0.3, 0.4) is 0 Å². The van der Waals surface area contributed by atoms with Crippen molar-refractivity contribution in [3.05, 3.63) is 71.0 Å². The summed E-state index contributed by atoms with van der Waals surface area (Å²) < 4.78 is 13.0. The third-order valence-corrected chi connectivity index (χ3v) is 3.36. The Hall–Kier alpha value is -1.67. The quantitative estimate of drug-likeness (QED) is 0.861. The van der Waals surface area contributed by atoms with Crippen molar-refractivity contribution in [2.45, 2.75) is 19.3 Å². The summed E-state index contributed by atoms with van der Waals surface area (Å²) >= 11 is 0. The lowest BCUT2D eigenvalue weighted by Gasteiger charge is -2.17. The lowest BCUT2D eigenvalue weighted by Crippen LogP contribution is -2.19. The second-order valence-electron chi connectivity index (χ2n) is 5.00. The van der Waals surface area contributed by atoms with Crippen molar-refractivity contribution in [2.24, 2.45) is 0 Å². The highest BCUT2D eigenvalue weighted by Crippen LogP contribution is 2.21. The Kier molecular flexibility index (Phi) is 4.69. The van der Waals surface area contributed by atoms with Gasteiger partial charge in [0.15, 0.2) is 0 Å².